The molecule has 1 N–H and O–H groups in total. The third kappa shape index (κ3) is 4.43. The molecule has 0 aromatic heterocycles. The molecule has 0 spiro atoms. The van der Waals surface area contributed by atoms with Gasteiger partial charge in [-0.2, -0.15) is 0 Å². The highest BCUT2D eigenvalue weighted by atomic mass is 79.9. The summed E-state index contributed by atoms with van der Waals surface area (Å²) >= 11 is 12.4. The van der Waals surface area contributed by atoms with E-state index in [9.17, 15) is 14.9 Å². The van der Waals surface area contributed by atoms with Gasteiger partial charge in [0.05, 0.1) is 10.5 Å². The second-order valence-corrected chi connectivity index (χ2v) is 5.80. The number of rotatable bonds is 5. The van der Waals surface area contributed by atoms with Crippen molar-refractivity contribution in [2.75, 3.05) is 10.7 Å². The first kappa shape index (κ1) is 16.4. The van der Waals surface area contributed by atoms with Gasteiger partial charge in [0.15, 0.2) is 0 Å². The van der Waals surface area contributed by atoms with Crippen molar-refractivity contribution >= 4 is 55.1 Å². The molecule has 0 atom stereocenters. The Kier molecular flexibility index (Phi) is 5.76. The first-order valence-corrected chi connectivity index (χ1v) is 7.83. The maximum absolute atomic E-state index is 12.1. The van der Waals surface area contributed by atoms with Crippen molar-refractivity contribution in [3.8, 4) is 0 Å². The van der Waals surface area contributed by atoms with Gasteiger partial charge in [0, 0.05) is 33.4 Å². The van der Waals surface area contributed by atoms with Crippen LogP contribution in [0.2, 0.25) is 5.02 Å². The average Bonchev–Trinajstić information content (AvgIpc) is 2.37. The van der Waals surface area contributed by atoms with Gasteiger partial charge in [-0.3, -0.25) is 14.9 Å². The summed E-state index contributed by atoms with van der Waals surface area (Å²) in [4.78, 5) is 22.2. The molecule has 1 aromatic rings. The van der Waals surface area contributed by atoms with Crippen LogP contribution in [0.4, 0.5) is 5.69 Å². The Balaban J connectivity index is 3.03. The summed E-state index contributed by atoms with van der Waals surface area (Å²) in [5, 5.41) is 14.7. The van der Waals surface area contributed by atoms with Crippen molar-refractivity contribution in [1.29, 1.82) is 0 Å². The molecule has 0 fully saturated rings. The second-order valence-electron chi connectivity index (χ2n) is 4.24. The van der Waals surface area contributed by atoms with Gasteiger partial charge >= 0.3 is 0 Å². The molecule has 0 aliphatic heterocycles. The summed E-state index contributed by atoms with van der Waals surface area (Å²) in [6, 6.07) is 3.80. The summed E-state index contributed by atoms with van der Waals surface area (Å²) in [5.74, 6) is -0.410. The summed E-state index contributed by atoms with van der Waals surface area (Å²) < 4.78 is 0. The topological polar surface area (TPSA) is 72.2 Å². The zero-order chi connectivity index (χ0) is 14.6. The number of nitro benzene ring substituents is 1. The third-order valence-electron chi connectivity index (χ3n) is 2.36. The number of carbonyl (C=O) groups excluding carboxylic acids is 1. The fraction of sp³-hybridized carbons (Fsp3) is 0.364. The van der Waals surface area contributed by atoms with E-state index in [1.807, 2.05) is 6.92 Å². The second kappa shape index (κ2) is 6.67. The number of amides is 1. The predicted octanol–water partition coefficient (Wildman–Crippen LogP) is 3.53. The van der Waals surface area contributed by atoms with Gasteiger partial charge in [-0.25, -0.2) is 0 Å². The number of nitrogens with one attached hydrogen (secondary N) is 1. The number of halogens is 3. The van der Waals surface area contributed by atoms with Gasteiger partial charge in [-0.05, 0) is 13.0 Å². The van der Waals surface area contributed by atoms with E-state index in [-0.39, 0.29) is 16.3 Å². The van der Waals surface area contributed by atoms with E-state index in [0.717, 1.165) is 0 Å². The van der Waals surface area contributed by atoms with Crippen LogP contribution in [0.25, 0.3) is 0 Å². The number of hydrogen-bond acceptors (Lipinski definition) is 3. The van der Waals surface area contributed by atoms with Gasteiger partial charge in [-0.1, -0.05) is 43.5 Å². The van der Waals surface area contributed by atoms with Gasteiger partial charge < -0.3 is 5.32 Å². The van der Waals surface area contributed by atoms with E-state index in [2.05, 4.69) is 37.2 Å². The fourth-order valence-electron chi connectivity index (χ4n) is 1.26. The Morgan fingerprint density at radius 1 is 1.42 bits per heavy atom. The van der Waals surface area contributed by atoms with Crippen molar-refractivity contribution in [2.24, 2.45) is 0 Å². The lowest BCUT2D eigenvalue weighted by molar-refractivity contribution is -0.384. The zero-order valence-corrected chi connectivity index (χ0v) is 13.9. The molecule has 0 bridgehead atoms. The average molecular weight is 414 g/mol. The molecule has 0 aliphatic rings. The van der Waals surface area contributed by atoms with Gasteiger partial charge in [0.1, 0.15) is 0 Å². The van der Waals surface area contributed by atoms with Crippen LogP contribution >= 0.6 is 43.5 Å². The Morgan fingerprint density at radius 3 is 2.47 bits per heavy atom. The monoisotopic (exact) mass is 412 g/mol. The standard InChI is InChI=1S/C11H11Br2ClN2O3/c1-11(5-12,6-13)15-10(17)7-2-8(14)4-9(3-7)16(18)19/h2-4H,5-6H2,1H3,(H,15,17). The Labute approximate surface area is 132 Å². The number of alkyl halides is 2. The van der Waals surface area contributed by atoms with Crippen LogP contribution in [0.15, 0.2) is 18.2 Å². The molecule has 0 radical (unpaired) electrons. The van der Waals surface area contributed by atoms with Crippen molar-refractivity contribution in [3.63, 3.8) is 0 Å². The van der Waals surface area contributed by atoms with E-state index in [1.54, 1.807) is 0 Å². The molecule has 0 saturated carbocycles. The molecule has 0 aliphatic carbocycles. The van der Waals surface area contributed by atoms with Crippen molar-refractivity contribution in [1.82, 2.24) is 5.32 Å². The summed E-state index contributed by atoms with van der Waals surface area (Å²) in [7, 11) is 0. The lowest BCUT2D eigenvalue weighted by Gasteiger charge is -2.26. The van der Waals surface area contributed by atoms with E-state index >= 15 is 0 Å². The molecule has 8 heteroatoms. The molecule has 1 rings (SSSR count). The lowest BCUT2D eigenvalue weighted by Crippen LogP contribution is -2.48. The summed E-state index contributed by atoms with van der Waals surface area (Å²) in [6.07, 6.45) is 0. The summed E-state index contributed by atoms with van der Waals surface area (Å²) in [5.41, 5.74) is -0.543. The molecule has 1 amide bonds. The number of nitrogens with zero attached hydrogens (tertiary/aromatic N) is 1. The number of carbonyl (C=O) groups is 1. The third-order valence-corrected chi connectivity index (χ3v) is 5.05. The molecule has 0 heterocycles. The number of nitro groups is 1. The van der Waals surface area contributed by atoms with Crippen molar-refractivity contribution in [3.05, 3.63) is 38.9 Å². The largest absolute Gasteiger partial charge is 0.345 e. The van der Waals surface area contributed by atoms with Crippen LogP contribution in [-0.4, -0.2) is 27.0 Å². The van der Waals surface area contributed by atoms with Gasteiger partial charge in [0.25, 0.3) is 11.6 Å². The minimum atomic E-state index is -0.586. The lowest BCUT2D eigenvalue weighted by atomic mass is 10.1. The molecule has 104 valence electrons. The number of non-ortho nitro benzene ring substituents is 1. The maximum Gasteiger partial charge on any atom is 0.271 e. The van der Waals surface area contributed by atoms with Crippen LogP contribution in [0.1, 0.15) is 17.3 Å². The van der Waals surface area contributed by atoms with Crippen LogP contribution in [0.3, 0.4) is 0 Å². The van der Waals surface area contributed by atoms with Crippen LogP contribution in [-0.2, 0) is 0 Å². The smallest absolute Gasteiger partial charge is 0.271 e. The highest BCUT2D eigenvalue weighted by molar-refractivity contribution is 9.09. The number of hydrogen-bond donors (Lipinski definition) is 1. The minimum absolute atomic E-state index is 0.152. The summed E-state index contributed by atoms with van der Waals surface area (Å²) in [6.45, 7) is 1.84. The SMILES string of the molecule is CC(CBr)(CBr)NC(=O)c1cc(Cl)cc([N+](=O)[O-])c1. The zero-order valence-electron chi connectivity index (χ0n) is 9.95. The molecular weight excluding hydrogens is 403 g/mol. The molecular formula is C11H11Br2ClN2O3. The van der Waals surface area contributed by atoms with Crippen LogP contribution < -0.4 is 5.32 Å². The predicted molar refractivity (Wildman–Crippen MR) is 81.6 cm³/mol. The Hall–Kier alpha value is -0.660. The van der Waals surface area contributed by atoms with E-state index in [1.165, 1.54) is 18.2 Å². The molecule has 0 saturated heterocycles. The highest BCUT2D eigenvalue weighted by Gasteiger charge is 2.25. The van der Waals surface area contributed by atoms with Crippen molar-refractivity contribution < 1.29 is 9.72 Å². The first-order chi connectivity index (χ1) is 8.81. The van der Waals surface area contributed by atoms with Gasteiger partial charge in [-0.15, -0.1) is 0 Å². The highest BCUT2D eigenvalue weighted by Crippen LogP contribution is 2.22. The molecule has 5 nitrogen and oxygen atoms in total. The molecule has 0 unspecified atom stereocenters. The fourth-order valence-corrected chi connectivity index (χ4v) is 2.70. The van der Waals surface area contributed by atoms with Crippen LogP contribution in [0.5, 0.6) is 0 Å². The van der Waals surface area contributed by atoms with E-state index in [0.29, 0.717) is 10.7 Å². The van der Waals surface area contributed by atoms with E-state index in [4.69, 9.17) is 11.6 Å². The first-order valence-electron chi connectivity index (χ1n) is 5.21. The quantitative estimate of drug-likeness (QED) is 0.455. The Morgan fingerprint density at radius 2 is 2.00 bits per heavy atom. The van der Waals surface area contributed by atoms with E-state index < -0.39 is 16.4 Å². The Bertz CT molecular complexity index is 507. The minimum Gasteiger partial charge on any atom is -0.345 e. The molecule has 1 aromatic carbocycles. The van der Waals surface area contributed by atoms with Crippen LogP contribution in [0, 0.1) is 10.1 Å². The maximum atomic E-state index is 12.1. The molecule has 19 heavy (non-hydrogen) atoms. The normalized spacial score (nSPS) is 11.2. The van der Waals surface area contributed by atoms with Crippen molar-refractivity contribution in [2.45, 2.75) is 12.5 Å². The van der Waals surface area contributed by atoms with Gasteiger partial charge in [0.2, 0.25) is 0 Å². The number of benzene rings is 1.